The Hall–Kier alpha value is -1.22. The Kier molecular flexibility index (Phi) is 2.82. The van der Waals surface area contributed by atoms with Crippen molar-refractivity contribution in [2.75, 3.05) is 0 Å². The number of benzene rings is 1. The largest absolute Gasteiger partial charge is 0.367 e. The smallest absolute Gasteiger partial charge is 0.194 e. The Morgan fingerprint density at radius 3 is 2.73 bits per heavy atom. The number of carbonyl (C=O) groups excluding carboxylic acids is 1. The quantitative estimate of drug-likeness (QED) is 0.698. The molecule has 1 aliphatic heterocycles. The molecule has 0 aliphatic carbocycles. The molecule has 0 spiro atoms. The van der Waals surface area contributed by atoms with E-state index in [9.17, 15) is 9.18 Å². The van der Waals surface area contributed by atoms with E-state index >= 15 is 0 Å². The van der Waals surface area contributed by atoms with Crippen molar-refractivity contribution >= 4 is 5.78 Å². The van der Waals surface area contributed by atoms with Gasteiger partial charge >= 0.3 is 0 Å². The highest BCUT2D eigenvalue weighted by Gasteiger charge is 2.29. The Labute approximate surface area is 88.1 Å². The van der Waals surface area contributed by atoms with Gasteiger partial charge in [-0.2, -0.15) is 0 Å². The molecule has 0 amide bonds. The van der Waals surface area contributed by atoms with E-state index in [-0.39, 0.29) is 17.5 Å². The molecular weight excluding hydrogens is 195 g/mol. The average Bonchev–Trinajstić information content (AvgIpc) is 2.65. The van der Waals surface area contributed by atoms with Crippen LogP contribution in [0.15, 0.2) is 24.3 Å². The SMILES string of the molecule is CC1CCC(C(=O)c2ccccc2F)O1. The molecule has 2 unspecified atom stereocenters. The number of ketones is 1. The van der Waals surface area contributed by atoms with Gasteiger partial charge in [0.15, 0.2) is 5.78 Å². The molecule has 1 aliphatic rings. The van der Waals surface area contributed by atoms with Gasteiger partial charge in [-0.15, -0.1) is 0 Å². The van der Waals surface area contributed by atoms with Crippen LogP contribution >= 0.6 is 0 Å². The molecule has 0 radical (unpaired) electrons. The highest BCUT2D eigenvalue weighted by atomic mass is 19.1. The first-order chi connectivity index (χ1) is 7.18. The molecule has 1 heterocycles. The molecule has 0 N–H and O–H groups in total. The lowest BCUT2D eigenvalue weighted by atomic mass is 10.0. The van der Waals surface area contributed by atoms with E-state index in [1.807, 2.05) is 6.92 Å². The van der Waals surface area contributed by atoms with Gasteiger partial charge in [0.1, 0.15) is 11.9 Å². The topological polar surface area (TPSA) is 26.3 Å². The number of hydrogen-bond donors (Lipinski definition) is 0. The maximum Gasteiger partial charge on any atom is 0.194 e. The van der Waals surface area contributed by atoms with E-state index in [2.05, 4.69) is 0 Å². The summed E-state index contributed by atoms with van der Waals surface area (Å²) in [5, 5.41) is 0. The minimum Gasteiger partial charge on any atom is -0.367 e. The van der Waals surface area contributed by atoms with Crippen LogP contribution in [0.4, 0.5) is 4.39 Å². The first kappa shape index (κ1) is 10.3. The lowest BCUT2D eigenvalue weighted by molar-refractivity contribution is 0.0430. The number of carbonyl (C=O) groups is 1. The normalized spacial score (nSPS) is 25.5. The van der Waals surface area contributed by atoms with Gasteiger partial charge < -0.3 is 4.74 Å². The van der Waals surface area contributed by atoms with Crippen LogP contribution in [0.2, 0.25) is 0 Å². The van der Waals surface area contributed by atoms with Crippen molar-refractivity contribution in [2.24, 2.45) is 0 Å². The molecule has 2 nitrogen and oxygen atoms in total. The molecule has 3 heteroatoms. The van der Waals surface area contributed by atoms with Crippen LogP contribution < -0.4 is 0 Å². The number of Topliss-reactive ketones (excluding diaryl/α,β-unsaturated/α-hetero) is 1. The molecule has 2 atom stereocenters. The van der Waals surface area contributed by atoms with Crippen LogP contribution in [0.5, 0.6) is 0 Å². The Morgan fingerprint density at radius 2 is 2.13 bits per heavy atom. The van der Waals surface area contributed by atoms with E-state index in [0.29, 0.717) is 6.42 Å². The van der Waals surface area contributed by atoms with Crippen molar-refractivity contribution < 1.29 is 13.9 Å². The minimum absolute atomic E-state index is 0.103. The van der Waals surface area contributed by atoms with Gasteiger partial charge in [0.05, 0.1) is 11.7 Å². The summed E-state index contributed by atoms with van der Waals surface area (Å²) in [5.41, 5.74) is 0.136. The van der Waals surface area contributed by atoms with E-state index in [4.69, 9.17) is 4.74 Å². The van der Waals surface area contributed by atoms with Gasteiger partial charge in [0, 0.05) is 0 Å². The van der Waals surface area contributed by atoms with Crippen LogP contribution in [0.25, 0.3) is 0 Å². The average molecular weight is 208 g/mol. The van der Waals surface area contributed by atoms with Crippen LogP contribution in [0.3, 0.4) is 0 Å². The van der Waals surface area contributed by atoms with Crippen LogP contribution in [-0.4, -0.2) is 18.0 Å². The molecule has 1 aromatic rings. The molecule has 1 saturated heterocycles. The fourth-order valence-electron chi connectivity index (χ4n) is 1.83. The molecule has 0 saturated carbocycles. The second kappa shape index (κ2) is 4.11. The monoisotopic (exact) mass is 208 g/mol. The standard InChI is InChI=1S/C12H13FO2/c1-8-6-7-11(15-8)12(14)9-4-2-3-5-10(9)13/h2-5,8,11H,6-7H2,1H3. The fourth-order valence-corrected chi connectivity index (χ4v) is 1.83. The van der Waals surface area contributed by atoms with Crippen LogP contribution in [-0.2, 0) is 4.74 Å². The highest BCUT2D eigenvalue weighted by Crippen LogP contribution is 2.23. The van der Waals surface area contributed by atoms with Crippen molar-refractivity contribution in [3.63, 3.8) is 0 Å². The molecule has 80 valence electrons. The summed E-state index contributed by atoms with van der Waals surface area (Å²) in [7, 11) is 0. The molecule has 2 rings (SSSR count). The fraction of sp³-hybridized carbons (Fsp3) is 0.417. The maximum absolute atomic E-state index is 13.3. The zero-order valence-electron chi connectivity index (χ0n) is 8.57. The van der Waals surface area contributed by atoms with Crippen molar-refractivity contribution in [3.05, 3.63) is 35.6 Å². The summed E-state index contributed by atoms with van der Waals surface area (Å²) in [4.78, 5) is 11.8. The van der Waals surface area contributed by atoms with Crippen molar-refractivity contribution in [2.45, 2.75) is 32.0 Å². The van der Waals surface area contributed by atoms with Gasteiger partial charge in [-0.3, -0.25) is 4.79 Å². The number of halogens is 1. The molecule has 1 fully saturated rings. The third-order valence-corrected chi connectivity index (χ3v) is 2.66. The van der Waals surface area contributed by atoms with Crippen molar-refractivity contribution in [1.82, 2.24) is 0 Å². The minimum atomic E-state index is -0.467. The Bertz CT molecular complexity index is 376. The summed E-state index contributed by atoms with van der Waals surface area (Å²) >= 11 is 0. The van der Waals surface area contributed by atoms with Gasteiger partial charge in [0.25, 0.3) is 0 Å². The number of hydrogen-bond acceptors (Lipinski definition) is 2. The lowest BCUT2D eigenvalue weighted by Gasteiger charge is -2.10. The van der Waals surface area contributed by atoms with E-state index in [1.165, 1.54) is 12.1 Å². The first-order valence-electron chi connectivity index (χ1n) is 5.12. The van der Waals surface area contributed by atoms with Gasteiger partial charge in [0.2, 0.25) is 0 Å². The van der Waals surface area contributed by atoms with Crippen LogP contribution in [0, 0.1) is 5.82 Å². The third-order valence-electron chi connectivity index (χ3n) is 2.66. The van der Waals surface area contributed by atoms with Gasteiger partial charge in [-0.05, 0) is 31.9 Å². The number of rotatable bonds is 2. The molecule has 1 aromatic carbocycles. The second-order valence-electron chi connectivity index (χ2n) is 3.86. The lowest BCUT2D eigenvalue weighted by Crippen LogP contribution is -2.21. The predicted octanol–water partition coefficient (Wildman–Crippen LogP) is 2.58. The summed E-state index contributed by atoms with van der Waals surface area (Å²) in [6.07, 6.45) is 1.20. The summed E-state index contributed by atoms with van der Waals surface area (Å²) in [5.74, 6) is -0.705. The second-order valence-corrected chi connectivity index (χ2v) is 3.86. The molecule has 15 heavy (non-hydrogen) atoms. The van der Waals surface area contributed by atoms with Gasteiger partial charge in [-0.25, -0.2) is 4.39 Å². The summed E-state index contributed by atoms with van der Waals surface area (Å²) in [6.45, 7) is 1.93. The summed E-state index contributed by atoms with van der Waals surface area (Å²) < 4.78 is 18.7. The van der Waals surface area contributed by atoms with E-state index in [1.54, 1.807) is 12.1 Å². The molecule has 0 bridgehead atoms. The van der Waals surface area contributed by atoms with Gasteiger partial charge in [-0.1, -0.05) is 12.1 Å². The van der Waals surface area contributed by atoms with Crippen LogP contribution in [0.1, 0.15) is 30.1 Å². The van der Waals surface area contributed by atoms with E-state index < -0.39 is 11.9 Å². The third kappa shape index (κ3) is 2.07. The maximum atomic E-state index is 13.3. The Balaban J connectivity index is 2.18. The Morgan fingerprint density at radius 1 is 1.40 bits per heavy atom. The zero-order chi connectivity index (χ0) is 10.8. The van der Waals surface area contributed by atoms with Crippen molar-refractivity contribution in [3.8, 4) is 0 Å². The summed E-state index contributed by atoms with van der Waals surface area (Å²) in [6, 6.07) is 6.04. The highest BCUT2D eigenvalue weighted by molar-refractivity contribution is 5.99. The van der Waals surface area contributed by atoms with Crippen molar-refractivity contribution in [1.29, 1.82) is 0 Å². The first-order valence-corrected chi connectivity index (χ1v) is 5.12. The molecular formula is C12H13FO2. The molecule has 0 aromatic heterocycles. The zero-order valence-corrected chi connectivity index (χ0v) is 8.57. The van der Waals surface area contributed by atoms with E-state index in [0.717, 1.165) is 6.42 Å². The predicted molar refractivity (Wildman–Crippen MR) is 54.3 cm³/mol. The number of ether oxygens (including phenoxy) is 1.